The van der Waals surface area contributed by atoms with Gasteiger partial charge in [-0.15, -0.1) is 0 Å². The fraction of sp³-hybridized carbons (Fsp3) is 0.667. The summed E-state index contributed by atoms with van der Waals surface area (Å²) in [5.74, 6) is 0.225. The van der Waals surface area contributed by atoms with Gasteiger partial charge in [0.05, 0.1) is 7.11 Å². The lowest BCUT2D eigenvalue weighted by molar-refractivity contribution is -0.138. The summed E-state index contributed by atoms with van der Waals surface area (Å²) in [6.45, 7) is 0.104. The van der Waals surface area contributed by atoms with Crippen molar-refractivity contribution in [2.75, 3.05) is 13.7 Å². The minimum absolute atomic E-state index is 0. The number of rotatable bonds is 2. The van der Waals surface area contributed by atoms with Crippen LogP contribution in [0.5, 0.6) is 0 Å². The van der Waals surface area contributed by atoms with Gasteiger partial charge in [0.2, 0.25) is 0 Å². The van der Waals surface area contributed by atoms with E-state index in [1.54, 1.807) is 0 Å². The van der Waals surface area contributed by atoms with Crippen LogP contribution in [0.1, 0.15) is 0 Å². The lowest BCUT2D eigenvalue weighted by Crippen LogP contribution is -3.00. The van der Waals surface area contributed by atoms with Gasteiger partial charge in [-0.05, 0) is 5.53 Å². The Kier molecular flexibility index (Phi) is 8.60. The van der Waals surface area contributed by atoms with E-state index < -0.39 is 0 Å². The van der Waals surface area contributed by atoms with Crippen LogP contribution in [-0.2, 0) is 4.74 Å². The summed E-state index contributed by atoms with van der Waals surface area (Å²) in [6.07, 6.45) is 0. The molecule has 0 radical (unpaired) electrons. The van der Waals surface area contributed by atoms with Crippen LogP contribution >= 0.6 is 0 Å². The predicted molar refractivity (Wildman–Crippen MR) is 28.0 cm³/mol. The fourth-order valence-corrected chi connectivity index (χ4v) is 0.166. The van der Waals surface area contributed by atoms with Crippen molar-refractivity contribution >= 4 is 5.90 Å². The van der Waals surface area contributed by atoms with Crippen molar-refractivity contribution in [3.63, 3.8) is 0 Å². The molecule has 0 spiro atoms. The second-order valence-corrected chi connectivity index (χ2v) is 1.06. The molecule has 0 aromatic rings. The third kappa shape index (κ3) is 7.07. The van der Waals surface area contributed by atoms with Gasteiger partial charge in [-0.1, -0.05) is 5.11 Å². The first-order valence-electron chi connectivity index (χ1n) is 1.97. The van der Waals surface area contributed by atoms with Gasteiger partial charge in [0, 0.05) is 4.91 Å². The summed E-state index contributed by atoms with van der Waals surface area (Å²) in [5, 5.41) is 8.22. The van der Waals surface area contributed by atoms with Crippen LogP contribution in [0, 0.1) is 0 Å². The van der Waals surface area contributed by atoms with E-state index in [0.717, 1.165) is 0 Å². The molecular weight excluding hydrogens is 144 g/mol. The highest BCUT2D eigenvalue weighted by atomic mass is 35.5. The number of nitrogens with two attached hydrogens (primary N) is 1. The Balaban J connectivity index is 0. The second-order valence-electron chi connectivity index (χ2n) is 1.06. The van der Waals surface area contributed by atoms with Gasteiger partial charge in [0.15, 0.2) is 0 Å². The molecule has 0 rings (SSSR count). The minimum Gasteiger partial charge on any atom is -1.00 e. The SMILES string of the molecule is COC(=[NH2+])CN=[N+]=[N-].[Cl-]. The lowest BCUT2D eigenvalue weighted by atomic mass is 10.7. The van der Waals surface area contributed by atoms with Crippen molar-refractivity contribution in [2.24, 2.45) is 5.11 Å². The number of ether oxygens (including phenoxy) is 1. The molecule has 52 valence electrons. The molecule has 6 heteroatoms. The summed E-state index contributed by atoms with van der Waals surface area (Å²) in [5.41, 5.74) is 7.74. The van der Waals surface area contributed by atoms with Crippen LogP contribution in [0.4, 0.5) is 0 Å². The van der Waals surface area contributed by atoms with Crippen LogP contribution in [0.2, 0.25) is 0 Å². The monoisotopic (exact) mass is 150 g/mol. The fourth-order valence-electron chi connectivity index (χ4n) is 0.166. The average molecular weight is 151 g/mol. The number of azide groups is 1. The molecule has 0 atom stereocenters. The second kappa shape index (κ2) is 7.07. The van der Waals surface area contributed by atoms with E-state index in [9.17, 15) is 0 Å². The highest BCUT2D eigenvalue weighted by Crippen LogP contribution is 1.71. The van der Waals surface area contributed by atoms with Crippen molar-refractivity contribution in [1.82, 2.24) is 0 Å². The Bertz CT molecular complexity index is 130. The van der Waals surface area contributed by atoms with E-state index in [0.29, 0.717) is 0 Å². The van der Waals surface area contributed by atoms with Crippen molar-refractivity contribution in [3.05, 3.63) is 10.4 Å². The number of nitrogens with zero attached hydrogens (tertiary/aromatic N) is 3. The van der Waals surface area contributed by atoms with E-state index >= 15 is 0 Å². The zero-order chi connectivity index (χ0) is 6.41. The Morgan fingerprint density at radius 1 is 1.89 bits per heavy atom. The molecule has 0 amide bonds. The molecule has 0 bridgehead atoms. The molecule has 9 heavy (non-hydrogen) atoms. The maximum atomic E-state index is 7.74. The zero-order valence-corrected chi connectivity index (χ0v) is 5.67. The highest BCUT2D eigenvalue weighted by Gasteiger charge is 1.94. The van der Waals surface area contributed by atoms with Crippen molar-refractivity contribution in [2.45, 2.75) is 0 Å². The number of halogens is 1. The third-order valence-corrected chi connectivity index (χ3v) is 0.552. The molecule has 0 aromatic carbocycles. The van der Waals surface area contributed by atoms with Gasteiger partial charge in [-0.2, -0.15) is 0 Å². The Morgan fingerprint density at radius 3 is 2.78 bits per heavy atom. The van der Waals surface area contributed by atoms with Gasteiger partial charge in [-0.3, -0.25) is 0 Å². The molecule has 0 heterocycles. The molecule has 0 unspecified atom stereocenters. The van der Waals surface area contributed by atoms with E-state index in [4.69, 9.17) is 10.9 Å². The summed E-state index contributed by atoms with van der Waals surface area (Å²) in [6, 6.07) is 0. The smallest absolute Gasteiger partial charge is 0.338 e. The van der Waals surface area contributed by atoms with E-state index in [-0.39, 0.29) is 24.8 Å². The average Bonchev–Trinajstić information content (AvgIpc) is 1.83. The summed E-state index contributed by atoms with van der Waals surface area (Å²) >= 11 is 0. The number of methoxy groups -OCH3 is 1. The van der Waals surface area contributed by atoms with E-state index in [1.807, 2.05) is 0 Å². The zero-order valence-electron chi connectivity index (χ0n) is 4.91. The van der Waals surface area contributed by atoms with Crippen LogP contribution in [0.15, 0.2) is 5.11 Å². The molecule has 0 saturated heterocycles. The third-order valence-electron chi connectivity index (χ3n) is 0.552. The predicted octanol–water partition coefficient (Wildman–Crippen LogP) is -3.90. The maximum Gasteiger partial charge on any atom is 0.338 e. The summed E-state index contributed by atoms with van der Waals surface area (Å²) < 4.78 is 4.48. The highest BCUT2D eigenvalue weighted by molar-refractivity contribution is 5.71. The quantitative estimate of drug-likeness (QED) is 0.141. The Labute approximate surface area is 58.6 Å². The number of hydrogen-bond acceptors (Lipinski definition) is 2. The number of hydrogen-bond donors (Lipinski definition) is 1. The standard InChI is InChI=1S/C3H6N4O.ClH/c1-8-3(4)2-6-7-5;/h4H,2H2,1H3;1H. The van der Waals surface area contributed by atoms with Crippen LogP contribution in [0.25, 0.3) is 10.4 Å². The van der Waals surface area contributed by atoms with Gasteiger partial charge < -0.3 is 17.1 Å². The van der Waals surface area contributed by atoms with Gasteiger partial charge in [0.25, 0.3) is 0 Å². The van der Waals surface area contributed by atoms with Gasteiger partial charge in [0.1, 0.15) is 6.54 Å². The lowest BCUT2D eigenvalue weighted by Gasteiger charge is -1.85. The van der Waals surface area contributed by atoms with Crippen LogP contribution < -0.4 is 17.8 Å². The first-order chi connectivity index (χ1) is 3.81. The summed E-state index contributed by atoms with van der Waals surface area (Å²) in [4.78, 5) is 2.47. The summed E-state index contributed by atoms with van der Waals surface area (Å²) in [7, 11) is 1.42. The van der Waals surface area contributed by atoms with Crippen LogP contribution in [0.3, 0.4) is 0 Å². The normalized spacial score (nSPS) is 6.33. The molecule has 0 aliphatic heterocycles. The Morgan fingerprint density at radius 2 is 2.44 bits per heavy atom. The molecular formula is C3H7ClN4O. The Hall–Kier alpha value is -0.930. The minimum atomic E-state index is 0. The largest absolute Gasteiger partial charge is 1.00 e. The topological polar surface area (TPSA) is 83.6 Å². The maximum absolute atomic E-state index is 7.74. The first kappa shape index (κ1) is 10.9. The molecule has 2 N–H and O–H groups in total. The molecule has 0 saturated carbocycles. The van der Waals surface area contributed by atoms with E-state index in [2.05, 4.69) is 14.8 Å². The molecule has 0 aromatic heterocycles. The van der Waals surface area contributed by atoms with Gasteiger partial charge >= 0.3 is 5.90 Å². The molecule has 5 nitrogen and oxygen atoms in total. The van der Waals surface area contributed by atoms with Crippen LogP contribution in [-0.4, -0.2) is 19.6 Å². The van der Waals surface area contributed by atoms with Crippen molar-refractivity contribution in [1.29, 1.82) is 0 Å². The molecule has 0 fully saturated rings. The molecule has 0 aliphatic carbocycles. The van der Waals surface area contributed by atoms with Gasteiger partial charge in [-0.25, -0.2) is 5.41 Å². The molecule has 0 aliphatic rings. The van der Waals surface area contributed by atoms with E-state index in [1.165, 1.54) is 7.11 Å². The van der Waals surface area contributed by atoms with Crippen molar-refractivity contribution < 1.29 is 22.6 Å². The first-order valence-corrected chi connectivity index (χ1v) is 1.97. The van der Waals surface area contributed by atoms with Crippen molar-refractivity contribution in [3.8, 4) is 0 Å².